The number of nitrogens with zero attached hydrogens (tertiary/aromatic N) is 2. The van der Waals surface area contributed by atoms with E-state index >= 15 is 0 Å². The van der Waals surface area contributed by atoms with E-state index in [1.54, 1.807) is 0 Å². The van der Waals surface area contributed by atoms with Crippen LogP contribution in [0.2, 0.25) is 0 Å². The molecule has 2 fully saturated rings. The average Bonchev–Trinajstić information content (AvgIpc) is 3.27. The molecule has 5 atom stereocenters. The molecule has 120 valence electrons. The first-order valence-electron chi connectivity index (χ1n) is 8.08. The Bertz CT molecular complexity index is 739. The van der Waals surface area contributed by atoms with Crippen LogP contribution in [0.4, 0.5) is 0 Å². The fraction of sp³-hybridized carbons (Fsp3) is 0.529. The average molecular weight is 314 g/mol. The second-order valence-electron chi connectivity index (χ2n) is 6.74. The molecule has 1 spiro atoms. The van der Waals surface area contributed by atoms with Gasteiger partial charge in [-0.15, -0.1) is 0 Å². The van der Waals surface area contributed by atoms with Crippen LogP contribution in [0.5, 0.6) is 0 Å². The van der Waals surface area contributed by atoms with Gasteiger partial charge in [0.05, 0.1) is 19.1 Å². The highest BCUT2D eigenvalue weighted by molar-refractivity contribution is 5.92. The largest absolute Gasteiger partial charge is 0.469 e. The highest BCUT2D eigenvalue weighted by Gasteiger charge is 2.72. The Balaban J connectivity index is 1.68. The molecule has 1 aromatic rings. The van der Waals surface area contributed by atoms with Gasteiger partial charge in [0, 0.05) is 25.0 Å². The predicted octanol–water partition coefficient (Wildman–Crippen LogP) is 0.888. The summed E-state index contributed by atoms with van der Waals surface area (Å²) < 4.78 is 13.4. The van der Waals surface area contributed by atoms with Crippen LogP contribution in [0.25, 0.3) is 0 Å². The quantitative estimate of drug-likeness (QED) is 0.570. The fourth-order valence-electron chi connectivity index (χ4n) is 4.95. The third kappa shape index (κ3) is 1.43. The number of fused-ring (bicyclic) bond motifs is 4. The Morgan fingerprint density at radius 2 is 2.30 bits per heavy atom. The minimum atomic E-state index is -0.735. The number of amides is 1. The number of hydrogen-bond donors (Lipinski definition) is 0. The summed E-state index contributed by atoms with van der Waals surface area (Å²) in [5.41, 5.74) is 0.357. The van der Waals surface area contributed by atoms with Gasteiger partial charge in [0.25, 0.3) is 0 Å². The van der Waals surface area contributed by atoms with Crippen LogP contribution in [0.1, 0.15) is 18.2 Å². The Labute approximate surface area is 133 Å². The smallest absolute Gasteiger partial charge is 0.312 e. The van der Waals surface area contributed by atoms with Crippen molar-refractivity contribution in [3.8, 4) is 0 Å². The molecule has 0 N–H and O–H groups in total. The summed E-state index contributed by atoms with van der Waals surface area (Å²) in [5, 5.41) is 0. The van der Waals surface area contributed by atoms with E-state index in [1.165, 1.54) is 7.11 Å². The van der Waals surface area contributed by atoms with Gasteiger partial charge >= 0.3 is 5.97 Å². The SMILES string of the molecule is COC(=O)[C@H]1[C@H]2C(=O)N3CCCn4cccc4[C@H]3[C@]23C=C[C@H]1O3. The molecule has 5 rings (SSSR count). The Morgan fingerprint density at radius 1 is 1.43 bits per heavy atom. The van der Waals surface area contributed by atoms with E-state index in [0.29, 0.717) is 6.54 Å². The van der Waals surface area contributed by atoms with Crippen molar-refractivity contribution < 1.29 is 19.1 Å². The summed E-state index contributed by atoms with van der Waals surface area (Å²) in [7, 11) is 1.37. The maximum atomic E-state index is 13.1. The van der Waals surface area contributed by atoms with Gasteiger partial charge in [-0.2, -0.15) is 0 Å². The van der Waals surface area contributed by atoms with Crippen molar-refractivity contribution in [2.45, 2.75) is 30.7 Å². The number of methoxy groups -OCH3 is 1. The molecule has 4 aliphatic heterocycles. The van der Waals surface area contributed by atoms with Crippen LogP contribution >= 0.6 is 0 Å². The van der Waals surface area contributed by atoms with Crippen molar-refractivity contribution in [1.82, 2.24) is 9.47 Å². The van der Waals surface area contributed by atoms with Crippen molar-refractivity contribution in [2.75, 3.05) is 13.7 Å². The number of ether oxygens (including phenoxy) is 2. The van der Waals surface area contributed by atoms with Crippen LogP contribution in [0, 0.1) is 11.8 Å². The Morgan fingerprint density at radius 3 is 3.13 bits per heavy atom. The summed E-state index contributed by atoms with van der Waals surface area (Å²) in [6, 6.07) is 3.91. The first-order valence-corrected chi connectivity index (χ1v) is 8.08. The summed E-state index contributed by atoms with van der Waals surface area (Å²) in [6.07, 6.45) is 6.53. The molecule has 1 aromatic heterocycles. The predicted molar refractivity (Wildman–Crippen MR) is 79.2 cm³/mol. The van der Waals surface area contributed by atoms with Crippen LogP contribution in [0.15, 0.2) is 30.5 Å². The molecule has 0 unspecified atom stereocenters. The zero-order valence-corrected chi connectivity index (χ0v) is 12.8. The third-order valence-electron chi connectivity index (χ3n) is 5.79. The van der Waals surface area contributed by atoms with Gasteiger partial charge in [0.1, 0.15) is 17.6 Å². The van der Waals surface area contributed by atoms with Gasteiger partial charge in [-0.25, -0.2) is 0 Å². The molecule has 0 radical (unpaired) electrons. The molecule has 5 heterocycles. The normalized spacial score (nSPS) is 39.9. The molecule has 6 nitrogen and oxygen atoms in total. The molecule has 2 bridgehead atoms. The van der Waals surface area contributed by atoms with Gasteiger partial charge < -0.3 is 18.9 Å². The lowest BCUT2D eigenvalue weighted by Crippen LogP contribution is -2.40. The monoisotopic (exact) mass is 314 g/mol. The van der Waals surface area contributed by atoms with Crippen LogP contribution < -0.4 is 0 Å². The van der Waals surface area contributed by atoms with E-state index in [0.717, 1.165) is 18.7 Å². The highest BCUT2D eigenvalue weighted by Crippen LogP contribution is 2.60. The second-order valence-corrected chi connectivity index (χ2v) is 6.74. The van der Waals surface area contributed by atoms with Crippen molar-refractivity contribution in [3.05, 3.63) is 36.2 Å². The van der Waals surface area contributed by atoms with Crippen molar-refractivity contribution in [2.24, 2.45) is 11.8 Å². The van der Waals surface area contributed by atoms with Gasteiger partial charge in [0.2, 0.25) is 5.91 Å². The zero-order chi connectivity index (χ0) is 15.8. The number of hydrogen-bond acceptors (Lipinski definition) is 4. The summed E-state index contributed by atoms with van der Waals surface area (Å²) in [5.74, 6) is -1.34. The van der Waals surface area contributed by atoms with Crippen LogP contribution in [0.3, 0.4) is 0 Å². The van der Waals surface area contributed by atoms with Gasteiger partial charge in [-0.1, -0.05) is 12.2 Å². The van der Waals surface area contributed by atoms with Gasteiger partial charge in [-0.3, -0.25) is 9.59 Å². The Hall–Kier alpha value is -2.08. The second kappa shape index (κ2) is 4.26. The number of carbonyl (C=O) groups excluding carboxylic acids is 2. The lowest BCUT2D eigenvalue weighted by Gasteiger charge is -2.32. The molecule has 0 aromatic carbocycles. The van der Waals surface area contributed by atoms with Crippen LogP contribution in [-0.4, -0.2) is 46.7 Å². The number of aryl methyl sites for hydroxylation is 1. The minimum absolute atomic E-state index is 0.0203. The van der Waals surface area contributed by atoms with E-state index in [9.17, 15) is 9.59 Å². The molecule has 1 amide bonds. The maximum Gasteiger partial charge on any atom is 0.312 e. The number of esters is 1. The molecular weight excluding hydrogens is 296 g/mol. The van der Waals surface area contributed by atoms with E-state index in [1.807, 2.05) is 23.1 Å². The van der Waals surface area contributed by atoms with Gasteiger partial charge in [0.15, 0.2) is 0 Å². The minimum Gasteiger partial charge on any atom is -0.469 e. The summed E-state index contributed by atoms with van der Waals surface area (Å²) in [4.78, 5) is 27.3. The number of carbonyl (C=O) groups is 2. The summed E-state index contributed by atoms with van der Waals surface area (Å²) in [6.45, 7) is 1.59. The van der Waals surface area contributed by atoms with E-state index in [-0.39, 0.29) is 24.0 Å². The van der Waals surface area contributed by atoms with Crippen molar-refractivity contribution in [1.29, 1.82) is 0 Å². The van der Waals surface area contributed by atoms with E-state index < -0.39 is 17.4 Å². The molecule has 6 heteroatoms. The first-order chi connectivity index (χ1) is 11.2. The summed E-state index contributed by atoms with van der Waals surface area (Å²) >= 11 is 0. The lowest BCUT2D eigenvalue weighted by atomic mass is 9.74. The third-order valence-corrected chi connectivity index (χ3v) is 5.79. The maximum absolute atomic E-state index is 13.1. The van der Waals surface area contributed by atoms with Crippen molar-refractivity contribution in [3.63, 3.8) is 0 Å². The molecule has 23 heavy (non-hydrogen) atoms. The topological polar surface area (TPSA) is 60.8 Å². The molecule has 4 aliphatic rings. The molecular formula is C17H18N2O4. The molecule has 0 saturated carbocycles. The first kappa shape index (κ1) is 13.4. The van der Waals surface area contributed by atoms with E-state index in [4.69, 9.17) is 9.47 Å². The number of aromatic nitrogens is 1. The standard InChI is InChI=1S/C17H18N2O4/c1-22-16(21)12-11-5-6-17(23-11)13(12)15(20)19-9-3-8-18-7-2-4-10(18)14(17)19/h2,4-7,11-14H,3,8-9H2,1H3/t11-,12-,13+,14+,17+/m1/s1. The zero-order valence-electron chi connectivity index (χ0n) is 12.8. The van der Waals surface area contributed by atoms with Gasteiger partial charge in [-0.05, 0) is 18.6 Å². The van der Waals surface area contributed by atoms with Crippen LogP contribution in [-0.2, 0) is 25.6 Å². The highest BCUT2D eigenvalue weighted by atomic mass is 16.5. The number of rotatable bonds is 1. The Kier molecular flexibility index (Phi) is 2.48. The van der Waals surface area contributed by atoms with E-state index in [2.05, 4.69) is 16.8 Å². The van der Waals surface area contributed by atoms with Crippen molar-refractivity contribution >= 4 is 11.9 Å². The lowest BCUT2D eigenvalue weighted by molar-refractivity contribution is -0.151. The molecule has 0 aliphatic carbocycles. The molecule has 2 saturated heterocycles. The fourth-order valence-corrected chi connectivity index (χ4v) is 4.95.